The highest BCUT2D eigenvalue weighted by Gasteiger charge is 2.27. The first-order valence-electron chi connectivity index (χ1n) is 9.15. The molecule has 1 aliphatic rings. The Morgan fingerprint density at radius 1 is 1.14 bits per heavy atom. The molecule has 8 heteroatoms. The molecule has 0 bridgehead atoms. The van der Waals surface area contributed by atoms with Crippen LogP contribution in [0, 0.1) is 5.82 Å². The van der Waals surface area contributed by atoms with Crippen molar-refractivity contribution in [2.45, 2.75) is 36.3 Å². The van der Waals surface area contributed by atoms with Gasteiger partial charge in [0.2, 0.25) is 15.9 Å². The van der Waals surface area contributed by atoms with Gasteiger partial charge in [-0.1, -0.05) is 30.3 Å². The summed E-state index contributed by atoms with van der Waals surface area (Å²) in [7, 11) is -3.99. The third-order valence-electron chi connectivity index (χ3n) is 4.55. The van der Waals surface area contributed by atoms with E-state index in [4.69, 9.17) is 4.74 Å². The van der Waals surface area contributed by atoms with Gasteiger partial charge in [0.05, 0.1) is 11.0 Å². The molecule has 0 unspecified atom stereocenters. The second-order valence-electron chi connectivity index (χ2n) is 6.70. The minimum absolute atomic E-state index is 0.0463. The predicted octanol–water partition coefficient (Wildman–Crippen LogP) is 2.01. The van der Waals surface area contributed by atoms with E-state index in [2.05, 4.69) is 10.0 Å². The molecule has 3 rings (SSSR count). The van der Waals surface area contributed by atoms with Crippen molar-refractivity contribution in [3.8, 4) is 0 Å². The number of amides is 1. The van der Waals surface area contributed by atoms with Crippen LogP contribution in [0.1, 0.15) is 18.4 Å². The molecular formula is C20H23FN2O4S. The lowest BCUT2D eigenvalue weighted by Crippen LogP contribution is -2.49. The zero-order valence-corrected chi connectivity index (χ0v) is 16.1. The van der Waals surface area contributed by atoms with Gasteiger partial charge >= 0.3 is 0 Å². The van der Waals surface area contributed by atoms with Crippen molar-refractivity contribution in [3.63, 3.8) is 0 Å². The van der Waals surface area contributed by atoms with Crippen LogP contribution in [0.15, 0.2) is 59.5 Å². The number of rotatable bonds is 8. The van der Waals surface area contributed by atoms with Gasteiger partial charge in [0.15, 0.2) is 0 Å². The summed E-state index contributed by atoms with van der Waals surface area (Å²) in [5.41, 5.74) is 0.821. The SMILES string of the molecule is O=C(NC[C@H]1CCCO1)[C@H](Cc1ccccc1)NS(=O)(=O)c1ccc(F)cc1. The van der Waals surface area contributed by atoms with Gasteiger partial charge < -0.3 is 10.1 Å². The average molecular weight is 406 g/mol. The fraction of sp³-hybridized carbons (Fsp3) is 0.350. The molecule has 0 saturated carbocycles. The van der Waals surface area contributed by atoms with Gasteiger partial charge in [0.1, 0.15) is 11.9 Å². The van der Waals surface area contributed by atoms with E-state index < -0.39 is 27.8 Å². The number of hydrogen-bond donors (Lipinski definition) is 2. The molecule has 2 aromatic rings. The van der Waals surface area contributed by atoms with Crippen molar-refractivity contribution >= 4 is 15.9 Å². The highest BCUT2D eigenvalue weighted by molar-refractivity contribution is 7.89. The van der Waals surface area contributed by atoms with E-state index in [0.717, 1.165) is 30.5 Å². The van der Waals surface area contributed by atoms with Crippen molar-refractivity contribution in [1.29, 1.82) is 0 Å². The normalized spacial score (nSPS) is 18.0. The maximum absolute atomic E-state index is 13.1. The van der Waals surface area contributed by atoms with Gasteiger partial charge in [0, 0.05) is 13.2 Å². The van der Waals surface area contributed by atoms with Crippen LogP contribution >= 0.6 is 0 Å². The summed E-state index contributed by atoms with van der Waals surface area (Å²) in [5, 5.41) is 2.78. The zero-order valence-electron chi connectivity index (χ0n) is 15.3. The van der Waals surface area contributed by atoms with Crippen molar-refractivity contribution in [2.75, 3.05) is 13.2 Å². The monoisotopic (exact) mass is 406 g/mol. The van der Waals surface area contributed by atoms with E-state index in [9.17, 15) is 17.6 Å². The summed E-state index contributed by atoms with van der Waals surface area (Å²) < 4.78 is 46.4. The van der Waals surface area contributed by atoms with Crippen LogP contribution in [0.2, 0.25) is 0 Å². The standard InChI is InChI=1S/C20H23FN2O4S/c21-16-8-10-18(11-9-16)28(25,26)23-19(13-15-5-2-1-3-6-15)20(24)22-14-17-7-4-12-27-17/h1-3,5-6,8-11,17,19,23H,4,7,12-14H2,(H,22,24)/t17-,19+/m1/s1. The maximum Gasteiger partial charge on any atom is 0.241 e. The fourth-order valence-corrected chi connectivity index (χ4v) is 4.25. The quantitative estimate of drug-likeness (QED) is 0.702. The van der Waals surface area contributed by atoms with Crippen molar-refractivity contribution in [2.24, 2.45) is 0 Å². The number of sulfonamides is 1. The second kappa shape index (κ2) is 9.27. The first kappa shape index (κ1) is 20.4. The Bertz CT molecular complexity index is 882. The van der Waals surface area contributed by atoms with Crippen LogP contribution in [0.4, 0.5) is 4.39 Å². The smallest absolute Gasteiger partial charge is 0.241 e. The number of hydrogen-bond acceptors (Lipinski definition) is 4. The van der Waals surface area contributed by atoms with Crippen LogP contribution in [-0.2, 0) is 26.0 Å². The van der Waals surface area contributed by atoms with Gasteiger partial charge in [-0.15, -0.1) is 0 Å². The summed E-state index contributed by atoms with van der Waals surface area (Å²) in [4.78, 5) is 12.6. The highest BCUT2D eigenvalue weighted by Crippen LogP contribution is 2.13. The summed E-state index contributed by atoms with van der Waals surface area (Å²) in [6.07, 6.45) is 1.96. The Labute approximate surface area is 164 Å². The minimum atomic E-state index is -3.99. The van der Waals surface area contributed by atoms with Gasteiger partial charge in [-0.05, 0) is 49.1 Å². The van der Waals surface area contributed by atoms with E-state index in [-0.39, 0.29) is 17.4 Å². The molecule has 1 amide bonds. The largest absolute Gasteiger partial charge is 0.376 e. The van der Waals surface area contributed by atoms with Gasteiger partial charge in [-0.3, -0.25) is 4.79 Å². The molecule has 0 aliphatic carbocycles. The Balaban J connectivity index is 1.74. The van der Waals surface area contributed by atoms with E-state index >= 15 is 0 Å². The Kier molecular flexibility index (Phi) is 6.77. The van der Waals surface area contributed by atoms with E-state index in [1.165, 1.54) is 12.1 Å². The first-order valence-corrected chi connectivity index (χ1v) is 10.6. The summed E-state index contributed by atoms with van der Waals surface area (Å²) in [5.74, 6) is -0.959. The first-order chi connectivity index (χ1) is 13.4. The molecule has 1 saturated heterocycles. The average Bonchev–Trinajstić information content (AvgIpc) is 3.20. The lowest BCUT2D eigenvalue weighted by molar-refractivity contribution is -0.123. The molecule has 2 atom stereocenters. The van der Waals surface area contributed by atoms with Crippen LogP contribution in [-0.4, -0.2) is 39.6 Å². The molecule has 1 fully saturated rings. The number of nitrogens with one attached hydrogen (secondary N) is 2. The molecule has 2 N–H and O–H groups in total. The summed E-state index contributed by atoms with van der Waals surface area (Å²) in [6, 6.07) is 12.6. The topological polar surface area (TPSA) is 84.5 Å². The van der Waals surface area contributed by atoms with Crippen LogP contribution < -0.4 is 10.0 Å². The van der Waals surface area contributed by atoms with Crippen LogP contribution in [0.25, 0.3) is 0 Å². The lowest BCUT2D eigenvalue weighted by atomic mass is 10.1. The lowest BCUT2D eigenvalue weighted by Gasteiger charge is -2.20. The molecule has 0 spiro atoms. The third kappa shape index (κ3) is 5.60. The van der Waals surface area contributed by atoms with Crippen molar-refractivity contribution < 1.29 is 22.3 Å². The van der Waals surface area contributed by atoms with Gasteiger partial charge in [0.25, 0.3) is 0 Å². The predicted molar refractivity (Wildman–Crippen MR) is 103 cm³/mol. The summed E-state index contributed by atoms with van der Waals surface area (Å²) >= 11 is 0. The highest BCUT2D eigenvalue weighted by atomic mass is 32.2. The van der Waals surface area contributed by atoms with E-state index in [1.54, 1.807) is 0 Å². The maximum atomic E-state index is 13.1. The van der Waals surface area contributed by atoms with E-state index in [1.807, 2.05) is 30.3 Å². The Hall–Kier alpha value is -2.29. The second-order valence-corrected chi connectivity index (χ2v) is 8.41. The van der Waals surface area contributed by atoms with Crippen LogP contribution in [0.5, 0.6) is 0 Å². The Morgan fingerprint density at radius 2 is 1.86 bits per heavy atom. The third-order valence-corrected chi connectivity index (χ3v) is 6.04. The fourth-order valence-electron chi connectivity index (χ4n) is 3.05. The molecule has 0 aromatic heterocycles. The minimum Gasteiger partial charge on any atom is -0.376 e. The number of ether oxygens (including phenoxy) is 1. The number of benzene rings is 2. The molecule has 150 valence electrons. The molecule has 0 radical (unpaired) electrons. The molecule has 1 aliphatic heterocycles. The molecule has 2 aromatic carbocycles. The number of carbonyl (C=O) groups excluding carboxylic acids is 1. The van der Waals surface area contributed by atoms with Crippen molar-refractivity contribution in [1.82, 2.24) is 10.0 Å². The molecule has 28 heavy (non-hydrogen) atoms. The molecule has 6 nitrogen and oxygen atoms in total. The number of carbonyl (C=O) groups is 1. The number of halogens is 1. The Morgan fingerprint density at radius 3 is 2.50 bits per heavy atom. The van der Waals surface area contributed by atoms with Crippen molar-refractivity contribution in [3.05, 3.63) is 66.0 Å². The van der Waals surface area contributed by atoms with Gasteiger partial charge in [-0.2, -0.15) is 4.72 Å². The molecule has 1 heterocycles. The molecular weight excluding hydrogens is 383 g/mol. The van der Waals surface area contributed by atoms with E-state index in [0.29, 0.717) is 13.2 Å². The van der Waals surface area contributed by atoms with Crippen LogP contribution in [0.3, 0.4) is 0 Å². The van der Waals surface area contributed by atoms with Gasteiger partial charge in [-0.25, -0.2) is 12.8 Å². The zero-order chi connectivity index (χ0) is 20.0. The summed E-state index contributed by atoms with van der Waals surface area (Å²) in [6.45, 7) is 1.01.